The third-order valence-electron chi connectivity index (χ3n) is 3.72. The van der Waals surface area contributed by atoms with Crippen LogP contribution in [0.15, 0.2) is 40.3 Å². The first kappa shape index (κ1) is 23.4. The number of thioether (sulfide) groups is 1. The molecule has 2 rings (SSSR count). The van der Waals surface area contributed by atoms with Crippen LogP contribution in [0, 0.1) is 11.3 Å². The summed E-state index contributed by atoms with van der Waals surface area (Å²) in [6, 6.07) is 7.07. The maximum Gasteiger partial charge on any atom is 0.333 e. The van der Waals surface area contributed by atoms with Crippen LogP contribution in [0.5, 0.6) is 0 Å². The van der Waals surface area contributed by atoms with Gasteiger partial charge in [-0.15, -0.1) is 0 Å². The minimum absolute atomic E-state index is 0.0190. The van der Waals surface area contributed by atoms with Gasteiger partial charge in [-0.05, 0) is 31.2 Å². The van der Waals surface area contributed by atoms with Crippen molar-refractivity contribution in [3.05, 3.63) is 40.9 Å². The molecule has 10 nitrogen and oxygen atoms in total. The van der Waals surface area contributed by atoms with Gasteiger partial charge in [-0.1, -0.05) is 11.8 Å². The topological polar surface area (TPSA) is 143 Å². The molecule has 0 aliphatic carbocycles. The number of benzene rings is 1. The van der Waals surface area contributed by atoms with Gasteiger partial charge < -0.3 is 14.4 Å². The van der Waals surface area contributed by atoms with Crippen LogP contribution in [0.4, 0.5) is 0 Å². The fourth-order valence-corrected chi connectivity index (χ4v) is 4.23. The molecule has 30 heavy (non-hydrogen) atoms. The zero-order chi connectivity index (χ0) is 22.1. The van der Waals surface area contributed by atoms with Crippen LogP contribution in [-0.2, 0) is 33.9 Å². The van der Waals surface area contributed by atoms with Crippen LogP contribution in [0.25, 0.3) is 0 Å². The predicted octanol–water partition coefficient (Wildman–Crippen LogP) is 0.360. The first-order valence-corrected chi connectivity index (χ1v) is 11.2. The van der Waals surface area contributed by atoms with E-state index >= 15 is 0 Å². The molecule has 160 valence electrons. The Kier molecular flexibility index (Phi) is 8.40. The third-order valence-corrected chi connectivity index (χ3v) is 6.16. The smallest absolute Gasteiger partial charge is 0.333 e. The third kappa shape index (κ3) is 6.58. The summed E-state index contributed by atoms with van der Waals surface area (Å²) < 4.78 is 36.2. The summed E-state index contributed by atoms with van der Waals surface area (Å²) in [5.74, 6) is -1.49. The van der Waals surface area contributed by atoms with E-state index in [4.69, 9.17) is 14.7 Å². The number of rotatable bonds is 9. The predicted molar refractivity (Wildman–Crippen MR) is 106 cm³/mol. The molecule has 0 bridgehead atoms. The fraction of sp³-hybridized carbons (Fsp3) is 0.333. The molecule has 1 aromatic rings. The molecule has 1 aliphatic rings. The van der Waals surface area contributed by atoms with E-state index in [-0.39, 0.29) is 36.3 Å². The average Bonchev–Trinajstić information content (AvgIpc) is 3.06. The van der Waals surface area contributed by atoms with Crippen molar-refractivity contribution in [3.8, 4) is 6.07 Å². The van der Waals surface area contributed by atoms with Gasteiger partial charge in [0.2, 0.25) is 15.9 Å². The molecule has 12 heteroatoms. The molecule has 0 atom stereocenters. The zero-order valence-electron chi connectivity index (χ0n) is 16.0. The molecule has 0 aromatic heterocycles. The Morgan fingerprint density at radius 3 is 2.63 bits per heavy atom. The number of hydrogen-bond acceptors (Lipinski definition) is 9. The highest BCUT2D eigenvalue weighted by Crippen LogP contribution is 2.28. The molecule has 0 saturated carbocycles. The van der Waals surface area contributed by atoms with Crippen LogP contribution < -0.4 is 4.72 Å². The SMILES string of the molecule is CCOC(=O)/C=C1\SCC(=O)N1CCOC(=O)CNS(=O)(=O)c1ccc(C#N)cc1. The van der Waals surface area contributed by atoms with Crippen LogP contribution in [-0.4, -0.2) is 63.2 Å². The summed E-state index contributed by atoms with van der Waals surface area (Å²) in [6.45, 7) is 1.11. The van der Waals surface area contributed by atoms with Gasteiger partial charge in [0, 0.05) is 0 Å². The normalized spacial score (nSPS) is 15.1. The summed E-state index contributed by atoms with van der Waals surface area (Å²) in [5.41, 5.74) is 0.305. The second kappa shape index (κ2) is 10.8. The van der Waals surface area contributed by atoms with Crippen molar-refractivity contribution in [3.63, 3.8) is 0 Å². The highest BCUT2D eigenvalue weighted by Gasteiger charge is 2.27. The molecule has 0 spiro atoms. The summed E-state index contributed by atoms with van der Waals surface area (Å²) in [7, 11) is -3.95. The standard InChI is InChI=1S/C18H19N3O7S2/c1-2-27-17(23)9-16-21(15(22)12-29-16)7-8-28-18(24)11-20-30(25,26)14-5-3-13(10-19)4-6-14/h3-6,9,20H,2,7-8,11-12H2,1H3/b16-9-. The number of ether oxygens (including phenoxy) is 2. The summed E-state index contributed by atoms with van der Waals surface area (Å²) >= 11 is 1.17. The Morgan fingerprint density at radius 2 is 2.00 bits per heavy atom. The van der Waals surface area contributed by atoms with Crippen molar-refractivity contribution < 1.29 is 32.3 Å². The number of amides is 1. The number of nitrogens with one attached hydrogen (secondary N) is 1. The van der Waals surface area contributed by atoms with E-state index in [1.165, 1.54) is 47.0 Å². The van der Waals surface area contributed by atoms with Crippen molar-refractivity contribution >= 4 is 39.6 Å². The number of nitriles is 1. The number of esters is 2. The lowest BCUT2D eigenvalue weighted by Crippen LogP contribution is -2.33. The molecule has 1 saturated heterocycles. The molecule has 1 aliphatic heterocycles. The molecule has 0 unspecified atom stereocenters. The second-order valence-electron chi connectivity index (χ2n) is 5.75. The number of hydrogen-bond donors (Lipinski definition) is 1. The van der Waals surface area contributed by atoms with E-state index in [2.05, 4.69) is 4.72 Å². The molecule has 1 heterocycles. The number of nitrogens with zero attached hydrogens (tertiary/aromatic N) is 2. The molecule has 1 fully saturated rings. The van der Waals surface area contributed by atoms with Gasteiger partial charge in [0.05, 0.1) is 46.5 Å². The zero-order valence-corrected chi connectivity index (χ0v) is 17.6. The second-order valence-corrected chi connectivity index (χ2v) is 8.51. The lowest BCUT2D eigenvalue weighted by atomic mass is 10.2. The Morgan fingerprint density at radius 1 is 1.30 bits per heavy atom. The highest BCUT2D eigenvalue weighted by molar-refractivity contribution is 8.04. The summed E-state index contributed by atoms with van der Waals surface area (Å²) in [6.07, 6.45) is 1.20. The van der Waals surface area contributed by atoms with E-state index in [0.717, 1.165) is 0 Å². The van der Waals surface area contributed by atoms with Gasteiger partial charge in [-0.25, -0.2) is 13.2 Å². The Hall–Kier alpha value is -2.88. The molecule has 1 amide bonds. The van der Waals surface area contributed by atoms with Gasteiger partial charge in [-0.3, -0.25) is 9.59 Å². The van der Waals surface area contributed by atoms with Gasteiger partial charge in [-0.2, -0.15) is 9.98 Å². The Bertz CT molecular complexity index is 982. The molecular formula is C18H19N3O7S2. The minimum atomic E-state index is -3.95. The van der Waals surface area contributed by atoms with Gasteiger partial charge in [0.25, 0.3) is 0 Å². The first-order valence-electron chi connectivity index (χ1n) is 8.74. The van der Waals surface area contributed by atoms with E-state index in [9.17, 15) is 22.8 Å². The van der Waals surface area contributed by atoms with Crippen molar-refractivity contribution in [1.82, 2.24) is 9.62 Å². The van der Waals surface area contributed by atoms with Gasteiger partial charge in [0.15, 0.2) is 0 Å². The van der Waals surface area contributed by atoms with E-state index in [1.807, 2.05) is 6.07 Å². The molecule has 1 aromatic carbocycles. The monoisotopic (exact) mass is 453 g/mol. The largest absolute Gasteiger partial charge is 0.463 e. The summed E-state index contributed by atoms with van der Waals surface area (Å²) in [5, 5.41) is 9.14. The Labute approximate surface area is 177 Å². The molecule has 1 N–H and O–H groups in total. The minimum Gasteiger partial charge on any atom is -0.463 e. The quantitative estimate of drug-likeness (QED) is 0.414. The molecular weight excluding hydrogens is 434 g/mol. The molecule has 0 radical (unpaired) electrons. The number of carbonyl (C=O) groups excluding carboxylic acids is 3. The average molecular weight is 453 g/mol. The number of sulfonamides is 1. The van der Waals surface area contributed by atoms with E-state index in [0.29, 0.717) is 10.6 Å². The lowest BCUT2D eigenvalue weighted by Gasteiger charge is -2.16. The van der Waals surface area contributed by atoms with Crippen molar-refractivity contribution in [1.29, 1.82) is 5.26 Å². The van der Waals surface area contributed by atoms with Crippen LogP contribution in [0.2, 0.25) is 0 Å². The van der Waals surface area contributed by atoms with E-state index in [1.54, 1.807) is 6.92 Å². The van der Waals surface area contributed by atoms with Crippen molar-refractivity contribution in [2.45, 2.75) is 11.8 Å². The first-order chi connectivity index (χ1) is 14.3. The highest BCUT2D eigenvalue weighted by atomic mass is 32.2. The fourth-order valence-electron chi connectivity index (χ4n) is 2.30. The van der Waals surface area contributed by atoms with Crippen LogP contribution >= 0.6 is 11.8 Å². The van der Waals surface area contributed by atoms with Crippen molar-refractivity contribution in [2.75, 3.05) is 32.1 Å². The van der Waals surface area contributed by atoms with E-state index < -0.39 is 28.5 Å². The Balaban J connectivity index is 1.83. The van der Waals surface area contributed by atoms with Crippen molar-refractivity contribution in [2.24, 2.45) is 0 Å². The number of carbonyl (C=O) groups is 3. The van der Waals surface area contributed by atoms with Gasteiger partial charge in [0.1, 0.15) is 13.2 Å². The van der Waals surface area contributed by atoms with Gasteiger partial charge >= 0.3 is 11.9 Å². The maximum absolute atomic E-state index is 12.2. The van der Waals surface area contributed by atoms with Crippen LogP contribution in [0.3, 0.4) is 0 Å². The van der Waals surface area contributed by atoms with Crippen LogP contribution in [0.1, 0.15) is 12.5 Å². The maximum atomic E-state index is 12.2. The summed E-state index contributed by atoms with van der Waals surface area (Å²) in [4.78, 5) is 36.5. The lowest BCUT2D eigenvalue weighted by molar-refractivity contribution is -0.143.